The minimum atomic E-state index is -0.209. The molecular formula is C22H30FIN4O. The lowest BCUT2D eigenvalue weighted by atomic mass is 9.54. The predicted molar refractivity (Wildman–Crippen MR) is 124 cm³/mol. The van der Waals surface area contributed by atoms with Crippen LogP contribution in [-0.2, 0) is 11.2 Å². The molecule has 3 aliphatic rings. The van der Waals surface area contributed by atoms with Gasteiger partial charge in [-0.2, -0.15) is 0 Å². The Morgan fingerprint density at radius 2 is 2.17 bits per heavy atom. The molecule has 0 bridgehead atoms. The number of nitrogens with one attached hydrogen (secondary N) is 3. The largest absolute Gasteiger partial charge is 0.377 e. The van der Waals surface area contributed by atoms with Gasteiger partial charge in [0.15, 0.2) is 5.96 Å². The number of hydrogen-bond acceptors (Lipinski definition) is 2. The quantitative estimate of drug-likeness (QED) is 0.330. The van der Waals surface area contributed by atoms with E-state index in [1.165, 1.54) is 37.3 Å². The lowest BCUT2D eigenvalue weighted by Gasteiger charge is -2.57. The molecule has 29 heavy (non-hydrogen) atoms. The average Bonchev–Trinajstić information content (AvgIpc) is 3.43. The predicted octanol–water partition coefficient (Wildman–Crippen LogP) is 3.98. The fourth-order valence-electron chi connectivity index (χ4n) is 5.93. The van der Waals surface area contributed by atoms with Crippen molar-refractivity contribution in [2.75, 3.05) is 20.2 Å². The lowest BCUT2D eigenvalue weighted by Crippen LogP contribution is -2.69. The van der Waals surface area contributed by atoms with Crippen molar-refractivity contribution < 1.29 is 9.13 Å². The molecule has 2 aromatic rings. The van der Waals surface area contributed by atoms with E-state index in [1.54, 1.807) is 6.07 Å². The second-order valence-electron chi connectivity index (χ2n) is 8.56. The molecule has 1 spiro atoms. The first-order valence-electron chi connectivity index (χ1n) is 10.6. The number of ether oxygens (including phenoxy) is 1. The summed E-state index contributed by atoms with van der Waals surface area (Å²) in [5, 5.41) is 8.30. The summed E-state index contributed by atoms with van der Waals surface area (Å²) in [7, 11) is 1.84. The van der Waals surface area contributed by atoms with Crippen molar-refractivity contribution in [1.82, 2.24) is 15.6 Å². The van der Waals surface area contributed by atoms with Crippen LogP contribution in [0.25, 0.3) is 10.9 Å². The molecule has 0 radical (unpaired) electrons. The number of guanidine groups is 1. The Bertz CT molecular complexity index is 892. The van der Waals surface area contributed by atoms with Crippen molar-refractivity contribution in [2.45, 2.75) is 50.7 Å². The standard InChI is InChI=1S/C22H29FN4O.HI/c1-24-21(25-10-6-14-13-26-18-12-15(23)4-5-16(14)18)27-19-17-7-11-28-20(17)22(19)8-2-3-9-22;/h4-5,12-13,17,19-20,26H,2-3,6-11H2,1H3,(H2,24,25,27);1H. The number of hydrogen-bond donors (Lipinski definition) is 3. The summed E-state index contributed by atoms with van der Waals surface area (Å²) in [5.41, 5.74) is 2.36. The highest BCUT2D eigenvalue weighted by Crippen LogP contribution is 2.60. The number of nitrogens with zero attached hydrogens (tertiary/aromatic N) is 1. The zero-order chi connectivity index (χ0) is 19.1. The Labute approximate surface area is 188 Å². The molecule has 2 aliphatic carbocycles. The van der Waals surface area contributed by atoms with E-state index >= 15 is 0 Å². The number of aliphatic imine (C=N–C) groups is 1. The van der Waals surface area contributed by atoms with E-state index in [-0.39, 0.29) is 29.8 Å². The molecule has 0 amide bonds. The summed E-state index contributed by atoms with van der Waals surface area (Å²) < 4.78 is 19.4. The first-order chi connectivity index (χ1) is 13.7. The molecular weight excluding hydrogens is 482 g/mol. The fourth-order valence-corrected chi connectivity index (χ4v) is 5.93. The normalized spacial score (nSPS) is 27.5. The van der Waals surface area contributed by atoms with Crippen molar-refractivity contribution in [2.24, 2.45) is 16.3 Å². The van der Waals surface area contributed by atoms with Crippen molar-refractivity contribution in [1.29, 1.82) is 0 Å². The molecule has 1 aliphatic heterocycles. The molecule has 3 N–H and O–H groups in total. The fraction of sp³-hybridized carbons (Fsp3) is 0.591. The van der Waals surface area contributed by atoms with Crippen molar-refractivity contribution in [3.8, 4) is 0 Å². The van der Waals surface area contributed by atoms with Crippen molar-refractivity contribution in [3.63, 3.8) is 0 Å². The maximum Gasteiger partial charge on any atom is 0.191 e. The van der Waals surface area contributed by atoms with Crippen LogP contribution in [-0.4, -0.2) is 43.3 Å². The van der Waals surface area contributed by atoms with Gasteiger partial charge in [-0.05, 0) is 49.4 Å². The summed E-state index contributed by atoms with van der Waals surface area (Å²) in [6.07, 6.45) is 9.63. The van der Waals surface area contributed by atoms with Crippen LogP contribution >= 0.6 is 24.0 Å². The highest BCUT2D eigenvalue weighted by molar-refractivity contribution is 14.0. The topological polar surface area (TPSA) is 61.4 Å². The van der Waals surface area contributed by atoms with Gasteiger partial charge in [-0.15, -0.1) is 24.0 Å². The van der Waals surface area contributed by atoms with Crippen LogP contribution in [0.3, 0.4) is 0 Å². The number of aromatic nitrogens is 1. The van der Waals surface area contributed by atoms with Crippen LogP contribution < -0.4 is 10.6 Å². The molecule has 5 nitrogen and oxygen atoms in total. The third-order valence-electron chi connectivity index (χ3n) is 7.22. The monoisotopic (exact) mass is 512 g/mol. The summed E-state index contributed by atoms with van der Waals surface area (Å²) in [6.45, 7) is 1.69. The van der Waals surface area contributed by atoms with E-state index in [1.807, 2.05) is 19.3 Å². The number of fused-ring (bicyclic) bond motifs is 3. The molecule has 5 rings (SSSR count). The molecule has 158 valence electrons. The van der Waals surface area contributed by atoms with Gasteiger partial charge in [-0.25, -0.2) is 4.39 Å². The second-order valence-corrected chi connectivity index (χ2v) is 8.56. The van der Waals surface area contributed by atoms with E-state index in [2.05, 4.69) is 20.6 Å². The van der Waals surface area contributed by atoms with Gasteiger partial charge in [0, 0.05) is 54.7 Å². The van der Waals surface area contributed by atoms with Crippen LogP contribution in [0.5, 0.6) is 0 Å². The van der Waals surface area contributed by atoms with Gasteiger partial charge in [-0.3, -0.25) is 4.99 Å². The minimum absolute atomic E-state index is 0. The van der Waals surface area contributed by atoms with Crippen LogP contribution in [0.2, 0.25) is 0 Å². The molecule has 3 unspecified atom stereocenters. The summed E-state index contributed by atoms with van der Waals surface area (Å²) in [4.78, 5) is 7.63. The number of halogens is 2. The van der Waals surface area contributed by atoms with Gasteiger partial charge in [0.2, 0.25) is 0 Å². The second kappa shape index (κ2) is 8.41. The smallest absolute Gasteiger partial charge is 0.191 e. The van der Waals surface area contributed by atoms with E-state index in [0.717, 1.165) is 42.9 Å². The summed E-state index contributed by atoms with van der Waals surface area (Å²) >= 11 is 0. The first-order valence-corrected chi connectivity index (χ1v) is 10.6. The van der Waals surface area contributed by atoms with Gasteiger partial charge >= 0.3 is 0 Å². The Morgan fingerprint density at radius 1 is 1.34 bits per heavy atom. The number of benzene rings is 1. The summed E-state index contributed by atoms with van der Waals surface area (Å²) in [5.74, 6) is 1.30. The van der Waals surface area contributed by atoms with Crippen LogP contribution in [0.15, 0.2) is 29.4 Å². The van der Waals surface area contributed by atoms with Crippen molar-refractivity contribution >= 4 is 40.8 Å². The molecule has 3 fully saturated rings. The molecule has 1 aromatic carbocycles. The van der Waals surface area contributed by atoms with Gasteiger partial charge < -0.3 is 20.4 Å². The van der Waals surface area contributed by atoms with E-state index in [4.69, 9.17) is 4.74 Å². The van der Waals surface area contributed by atoms with E-state index in [9.17, 15) is 4.39 Å². The molecule has 3 atom stereocenters. The molecule has 7 heteroatoms. The highest BCUT2D eigenvalue weighted by Gasteiger charge is 2.65. The third-order valence-corrected chi connectivity index (χ3v) is 7.22. The average molecular weight is 512 g/mol. The van der Waals surface area contributed by atoms with Gasteiger partial charge in [0.05, 0.1) is 6.10 Å². The van der Waals surface area contributed by atoms with Crippen molar-refractivity contribution in [3.05, 3.63) is 35.8 Å². The third kappa shape index (κ3) is 3.54. The Balaban J connectivity index is 0.00000205. The minimum Gasteiger partial charge on any atom is -0.377 e. The Morgan fingerprint density at radius 3 is 2.97 bits per heavy atom. The van der Waals surface area contributed by atoms with Crippen LogP contribution in [0, 0.1) is 17.2 Å². The van der Waals surface area contributed by atoms with Gasteiger partial charge in [0.1, 0.15) is 5.82 Å². The maximum atomic E-state index is 13.4. The summed E-state index contributed by atoms with van der Waals surface area (Å²) in [6, 6.07) is 5.39. The molecule has 2 heterocycles. The maximum absolute atomic E-state index is 13.4. The number of H-pyrrole nitrogens is 1. The first kappa shape index (κ1) is 20.9. The highest BCUT2D eigenvalue weighted by atomic mass is 127. The van der Waals surface area contributed by atoms with E-state index < -0.39 is 0 Å². The lowest BCUT2D eigenvalue weighted by molar-refractivity contribution is -0.125. The number of rotatable bonds is 4. The van der Waals surface area contributed by atoms with Crippen LogP contribution in [0.1, 0.15) is 37.7 Å². The molecule has 2 saturated carbocycles. The molecule has 1 aromatic heterocycles. The van der Waals surface area contributed by atoms with E-state index in [0.29, 0.717) is 23.5 Å². The SMILES string of the molecule is CN=C(NCCc1c[nH]c2cc(F)ccc12)NC1C2CCOC2C12CCCC2.I. The zero-order valence-electron chi connectivity index (χ0n) is 16.8. The van der Waals surface area contributed by atoms with Gasteiger partial charge in [0.25, 0.3) is 0 Å². The van der Waals surface area contributed by atoms with Gasteiger partial charge in [-0.1, -0.05) is 12.8 Å². The Kier molecular flexibility index (Phi) is 6.06. The Hall–Kier alpha value is -1.35. The zero-order valence-corrected chi connectivity index (χ0v) is 19.2. The molecule has 1 saturated heterocycles. The van der Waals surface area contributed by atoms with Crippen LogP contribution in [0.4, 0.5) is 4.39 Å². The number of aromatic amines is 1.